The van der Waals surface area contributed by atoms with Crippen LogP contribution in [0, 0.1) is 0 Å². The van der Waals surface area contributed by atoms with Crippen LogP contribution < -0.4 is 14.2 Å². The molecule has 0 aliphatic heterocycles. The molecule has 0 saturated carbocycles. The third kappa shape index (κ3) is 4.10. The molecule has 0 saturated heterocycles. The molecule has 0 spiro atoms. The Balaban J connectivity index is 2.99. The summed E-state index contributed by atoms with van der Waals surface area (Å²) < 4.78 is 15.8. The number of aryl methyl sites for hydroxylation is 1. The molecule has 0 atom stereocenters. The van der Waals surface area contributed by atoms with Crippen molar-refractivity contribution in [2.24, 2.45) is 0 Å². The van der Waals surface area contributed by atoms with Gasteiger partial charge >= 0.3 is 0 Å². The highest BCUT2D eigenvalue weighted by Gasteiger charge is 2.31. The second kappa shape index (κ2) is 8.23. The molecule has 0 fully saturated rings. The van der Waals surface area contributed by atoms with Crippen LogP contribution in [0.3, 0.4) is 0 Å². The lowest BCUT2D eigenvalue weighted by molar-refractivity contribution is 0.287. The Morgan fingerprint density at radius 2 is 1.33 bits per heavy atom. The van der Waals surface area contributed by atoms with Crippen molar-refractivity contribution in [1.82, 2.24) is 0 Å². The third-order valence-corrected chi connectivity index (χ3v) is 7.00. The van der Waals surface area contributed by atoms with E-state index in [1.165, 1.54) is 0 Å². The van der Waals surface area contributed by atoms with Crippen LogP contribution in [0.25, 0.3) is 0 Å². The van der Waals surface area contributed by atoms with Gasteiger partial charge in [-0.25, -0.2) is 0 Å². The van der Waals surface area contributed by atoms with E-state index in [-0.39, 0.29) is 18.7 Å². The van der Waals surface area contributed by atoms with Crippen LogP contribution in [-0.4, -0.2) is 63.4 Å². The van der Waals surface area contributed by atoms with Crippen LogP contribution in [0.1, 0.15) is 5.56 Å². The molecule has 1 aromatic rings. The normalized spacial score (nSPS) is 11.3. The molecule has 0 unspecified atom stereocenters. The van der Waals surface area contributed by atoms with E-state index in [1.54, 1.807) is 21.3 Å². The van der Waals surface area contributed by atoms with E-state index in [0.29, 0.717) is 29.7 Å². The van der Waals surface area contributed by atoms with Crippen molar-refractivity contribution in [1.29, 1.82) is 0 Å². The molecule has 3 N–H and O–H groups in total. The molecule has 0 bridgehead atoms. The molecule has 7 heteroatoms. The summed E-state index contributed by atoms with van der Waals surface area (Å²) in [6, 6.07) is 4.26. The first-order valence-corrected chi connectivity index (χ1v) is 9.54. The summed E-state index contributed by atoms with van der Waals surface area (Å²) in [6.07, 6.45) is 0.212. The van der Waals surface area contributed by atoms with Gasteiger partial charge in [-0.05, 0) is 30.2 Å². The van der Waals surface area contributed by atoms with E-state index in [2.05, 4.69) is 0 Å². The molecular formula is C14H24O6Si. The molecule has 120 valence electrons. The van der Waals surface area contributed by atoms with Gasteiger partial charge in [0.15, 0.2) is 11.5 Å². The van der Waals surface area contributed by atoms with Crippen molar-refractivity contribution in [3.8, 4) is 17.2 Å². The van der Waals surface area contributed by atoms with Gasteiger partial charge in [0.25, 0.3) is 0 Å². The monoisotopic (exact) mass is 316 g/mol. The molecule has 0 aliphatic rings. The highest BCUT2D eigenvalue weighted by atomic mass is 28.3. The number of methoxy groups -OCH3 is 3. The Bertz CT molecular complexity index is 414. The van der Waals surface area contributed by atoms with Crippen LogP contribution >= 0.6 is 0 Å². The number of ether oxygens (including phenoxy) is 3. The van der Waals surface area contributed by atoms with Gasteiger partial charge in [-0.2, -0.15) is 0 Å². The van der Waals surface area contributed by atoms with Crippen molar-refractivity contribution >= 4 is 8.07 Å². The minimum Gasteiger partial charge on any atom is -0.493 e. The Morgan fingerprint density at radius 1 is 0.857 bits per heavy atom. The fraction of sp³-hybridized carbons (Fsp3) is 0.571. The molecule has 21 heavy (non-hydrogen) atoms. The van der Waals surface area contributed by atoms with E-state index >= 15 is 0 Å². The Kier molecular flexibility index (Phi) is 6.96. The number of hydrogen-bond donors (Lipinski definition) is 3. The van der Waals surface area contributed by atoms with Crippen molar-refractivity contribution < 1.29 is 29.5 Å². The van der Waals surface area contributed by atoms with Crippen LogP contribution in [0.15, 0.2) is 12.1 Å². The summed E-state index contributed by atoms with van der Waals surface area (Å²) in [6.45, 7) is 0. The predicted octanol–water partition coefficient (Wildman–Crippen LogP) is 0.298. The Morgan fingerprint density at radius 3 is 1.67 bits per heavy atom. The molecule has 1 rings (SSSR count). The van der Waals surface area contributed by atoms with Gasteiger partial charge in [0.2, 0.25) is 5.75 Å². The molecule has 6 nitrogen and oxygen atoms in total. The first-order valence-electron chi connectivity index (χ1n) is 6.71. The van der Waals surface area contributed by atoms with Gasteiger partial charge in [-0.1, -0.05) is 0 Å². The standard InChI is InChI=1S/C14H24O6Si/c1-18-12-6-11(7-13(19-2)14(12)20-3)4-5-21(8-15,9-16)10-17/h6-7,15-17H,4-5,8-10H2,1-3H3. The summed E-state index contributed by atoms with van der Waals surface area (Å²) in [5, 5.41) is 28.2. The topological polar surface area (TPSA) is 88.4 Å². The SMILES string of the molecule is COc1cc(CC[Si](CO)(CO)CO)cc(OC)c1OC. The van der Waals surface area contributed by atoms with E-state index in [1.807, 2.05) is 12.1 Å². The first kappa shape index (κ1) is 17.8. The average Bonchev–Trinajstić information content (AvgIpc) is 2.55. The second-order valence-electron chi connectivity index (χ2n) is 5.01. The Labute approximate surface area is 125 Å². The number of rotatable bonds is 9. The lowest BCUT2D eigenvalue weighted by atomic mass is 10.1. The Hall–Kier alpha value is -1.28. The largest absolute Gasteiger partial charge is 0.493 e. The predicted molar refractivity (Wildman–Crippen MR) is 81.6 cm³/mol. The van der Waals surface area contributed by atoms with Gasteiger partial charge in [0.05, 0.1) is 21.3 Å². The average molecular weight is 316 g/mol. The zero-order chi connectivity index (χ0) is 15.9. The smallest absolute Gasteiger partial charge is 0.203 e. The van der Waals surface area contributed by atoms with E-state index in [4.69, 9.17) is 14.2 Å². The maximum atomic E-state index is 9.41. The van der Waals surface area contributed by atoms with Crippen molar-refractivity contribution in [3.05, 3.63) is 17.7 Å². The molecule has 0 heterocycles. The highest BCUT2D eigenvalue weighted by molar-refractivity contribution is 6.79. The van der Waals surface area contributed by atoms with Crippen LogP contribution in [0.5, 0.6) is 17.2 Å². The number of hydrogen-bond acceptors (Lipinski definition) is 6. The summed E-state index contributed by atoms with van der Waals surface area (Å²) in [5.74, 6) is 1.66. The zero-order valence-electron chi connectivity index (χ0n) is 12.8. The number of aliphatic hydroxyl groups excluding tert-OH is 3. The number of aliphatic hydroxyl groups is 3. The van der Waals surface area contributed by atoms with Crippen molar-refractivity contribution in [2.75, 3.05) is 40.0 Å². The summed E-state index contributed by atoms with van der Waals surface area (Å²) >= 11 is 0. The zero-order valence-corrected chi connectivity index (χ0v) is 13.8. The van der Waals surface area contributed by atoms with Gasteiger partial charge in [0.1, 0.15) is 8.07 Å². The van der Waals surface area contributed by atoms with Gasteiger partial charge in [-0.15, -0.1) is 0 Å². The molecule has 0 aliphatic carbocycles. The molecule has 1 aromatic carbocycles. The van der Waals surface area contributed by atoms with Crippen molar-refractivity contribution in [3.63, 3.8) is 0 Å². The van der Waals surface area contributed by atoms with Crippen LogP contribution in [0.4, 0.5) is 0 Å². The minimum absolute atomic E-state index is 0.134. The lowest BCUT2D eigenvalue weighted by Gasteiger charge is -2.24. The highest BCUT2D eigenvalue weighted by Crippen LogP contribution is 2.38. The van der Waals surface area contributed by atoms with E-state index < -0.39 is 8.07 Å². The lowest BCUT2D eigenvalue weighted by Crippen LogP contribution is -2.48. The maximum Gasteiger partial charge on any atom is 0.203 e. The summed E-state index contributed by atoms with van der Waals surface area (Å²) in [4.78, 5) is 0. The fourth-order valence-electron chi connectivity index (χ4n) is 2.08. The van der Waals surface area contributed by atoms with E-state index in [9.17, 15) is 15.3 Å². The number of benzene rings is 1. The quantitative estimate of drug-likeness (QED) is 0.568. The van der Waals surface area contributed by atoms with Crippen molar-refractivity contribution in [2.45, 2.75) is 12.5 Å². The van der Waals surface area contributed by atoms with Crippen LogP contribution in [0.2, 0.25) is 6.04 Å². The summed E-state index contributed by atoms with van der Waals surface area (Å²) in [5.41, 5.74) is 0.941. The second-order valence-corrected chi connectivity index (χ2v) is 9.46. The first-order chi connectivity index (χ1) is 10.1. The molecule has 0 radical (unpaired) electrons. The third-order valence-electron chi connectivity index (χ3n) is 3.67. The molecule has 0 aromatic heterocycles. The molecular weight excluding hydrogens is 292 g/mol. The molecule has 0 amide bonds. The minimum atomic E-state index is -2.42. The van der Waals surface area contributed by atoms with Crippen LogP contribution in [-0.2, 0) is 6.42 Å². The maximum absolute atomic E-state index is 9.41. The summed E-state index contributed by atoms with van der Waals surface area (Å²) in [7, 11) is 2.22. The van der Waals surface area contributed by atoms with E-state index in [0.717, 1.165) is 5.56 Å². The van der Waals surface area contributed by atoms with Gasteiger partial charge < -0.3 is 29.5 Å². The van der Waals surface area contributed by atoms with Gasteiger partial charge in [-0.3, -0.25) is 0 Å². The fourth-order valence-corrected chi connectivity index (χ4v) is 3.67. The van der Waals surface area contributed by atoms with Gasteiger partial charge in [0, 0.05) is 18.7 Å².